The molecular weight excluding hydrogens is 256 g/mol. The zero-order chi connectivity index (χ0) is 14.4. The van der Waals surface area contributed by atoms with E-state index >= 15 is 0 Å². The van der Waals surface area contributed by atoms with Gasteiger partial charge in [-0.2, -0.15) is 0 Å². The fraction of sp³-hybridized carbons (Fsp3) is 0. The minimum absolute atomic E-state index is 0.0113. The maximum Gasteiger partial charge on any atom is 0.269 e. The summed E-state index contributed by atoms with van der Waals surface area (Å²) in [4.78, 5) is 21.7. The molecule has 0 saturated carbocycles. The maximum absolute atomic E-state index is 11.7. The first-order valence-corrected chi connectivity index (χ1v) is 5.94. The maximum atomic E-state index is 11.7. The Hall–Kier alpha value is -2.95. The van der Waals surface area contributed by atoms with E-state index in [1.165, 1.54) is 30.3 Å². The Morgan fingerprint density at radius 3 is 2.30 bits per heavy atom. The van der Waals surface area contributed by atoms with Crippen LogP contribution < -0.4 is 5.32 Å². The summed E-state index contributed by atoms with van der Waals surface area (Å²) in [6.07, 6.45) is 3.11. The predicted molar refractivity (Wildman–Crippen MR) is 77.2 cm³/mol. The second-order valence-corrected chi connectivity index (χ2v) is 4.04. The van der Waals surface area contributed by atoms with Crippen molar-refractivity contribution in [1.29, 1.82) is 0 Å². The highest BCUT2D eigenvalue weighted by molar-refractivity contribution is 6.01. The van der Waals surface area contributed by atoms with Gasteiger partial charge >= 0.3 is 0 Å². The highest BCUT2D eigenvalue weighted by Gasteiger charge is 2.04. The van der Waals surface area contributed by atoms with Crippen molar-refractivity contribution in [2.45, 2.75) is 0 Å². The minimum atomic E-state index is -0.485. The smallest absolute Gasteiger partial charge is 0.269 e. The van der Waals surface area contributed by atoms with Crippen LogP contribution in [0.5, 0.6) is 0 Å². The van der Waals surface area contributed by atoms with Crippen LogP contribution in [0, 0.1) is 10.1 Å². The number of nitro groups is 1. The van der Waals surface area contributed by atoms with Crippen LogP contribution in [-0.4, -0.2) is 10.8 Å². The fourth-order valence-electron chi connectivity index (χ4n) is 1.59. The van der Waals surface area contributed by atoms with Crippen molar-refractivity contribution in [3.8, 4) is 0 Å². The van der Waals surface area contributed by atoms with Crippen LogP contribution in [0.1, 0.15) is 5.56 Å². The molecule has 0 aliphatic carbocycles. The molecule has 1 N–H and O–H groups in total. The van der Waals surface area contributed by atoms with Gasteiger partial charge in [0.05, 0.1) is 4.92 Å². The zero-order valence-electron chi connectivity index (χ0n) is 10.5. The number of hydrogen-bond donors (Lipinski definition) is 1. The molecular formula is C15H12N2O3. The van der Waals surface area contributed by atoms with E-state index in [1.54, 1.807) is 6.08 Å². The van der Waals surface area contributed by atoms with Crippen LogP contribution in [-0.2, 0) is 4.79 Å². The lowest BCUT2D eigenvalue weighted by atomic mass is 10.2. The van der Waals surface area contributed by atoms with E-state index in [2.05, 4.69) is 5.32 Å². The van der Waals surface area contributed by atoms with Gasteiger partial charge in [-0.1, -0.05) is 30.3 Å². The highest BCUT2D eigenvalue weighted by Crippen LogP contribution is 2.15. The summed E-state index contributed by atoms with van der Waals surface area (Å²) in [7, 11) is 0. The molecule has 5 heteroatoms. The predicted octanol–water partition coefficient (Wildman–Crippen LogP) is 3.25. The summed E-state index contributed by atoms with van der Waals surface area (Å²) >= 11 is 0. The van der Waals surface area contributed by atoms with Gasteiger partial charge in [-0.3, -0.25) is 14.9 Å². The molecule has 2 rings (SSSR count). The minimum Gasteiger partial charge on any atom is -0.323 e. The normalized spacial score (nSPS) is 10.4. The molecule has 20 heavy (non-hydrogen) atoms. The molecule has 100 valence electrons. The summed E-state index contributed by atoms with van der Waals surface area (Å²) in [5, 5.41) is 13.1. The number of carbonyl (C=O) groups is 1. The van der Waals surface area contributed by atoms with Crippen molar-refractivity contribution in [3.05, 3.63) is 76.4 Å². The van der Waals surface area contributed by atoms with E-state index in [0.29, 0.717) is 5.69 Å². The van der Waals surface area contributed by atoms with Gasteiger partial charge in [-0.15, -0.1) is 0 Å². The molecule has 5 nitrogen and oxygen atoms in total. The number of carbonyl (C=O) groups excluding carboxylic acids is 1. The number of amides is 1. The molecule has 0 bridgehead atoms. The Morgan fingerprint density at radius 2 is 1.70 bits per heavy atom. The summed E-state index contributed by atoms with van der Waals surface area (Å²) in [6.45, 7) is 0. The largest absolute Gasteiger partial charge is 0.323 e. The summed E-state index contributed by atoms with van der Waals surface area (Å²) in [6, 6.07) is 15.1. The molecule has 0 spiro atoms. The van der Waals surface area contributed by atoms with Crippen molar-refractivity contribution in [1.82, 2.24) is 0 Å². The average Bonchev–Trinajstić information content (AvgIpc) is 2.47. The van der Waals surface area contributed by atoms with Crippen LogP contribution in [0.3, 0.4) is 0 Å². The second-order valence-electron chi connectivity index (χ2n) is 4.04. The molecule has 0 unspecified atom stereocenters. The first-order valence-electron chi connectivity index (χ1n) is 5.94. The van der Waals surface area contributed by atoms with Crippen LogP contribution in [0.2, 0.25) is 0 Å². The van der Waals surface area contributed by atoms with Gasteiger partial charge in [-0.05, 0) is 23.8 Å². The number of nitro benzene ring substituents is 1. The van der Waals surface area contributed by atoms with E-state index < -0.39 is 4.92 Å². The average molecular weight is 268 g/mol. The molecule has 2 aromatic rings. The van der Waals surface area contributed by atoms with Gasteiger partial charge in [0.15, 0.2) is 0 Å². The Balaban J connectivity index is 1.98. The van der Waals surface area contributed by atoms with Crippen molar-refractivity contribution < 1.29 is 9.72 Å². The van der Waals surface area contributed by atoms with Crippen molar-refractivity contribution in [2.75, 3.05) is 5.32 Å². The highest BCUT2D eigenvalue weighted by atomic mass is 16.6. The van der Waals surface area contributed by atoms with Crippen LogP contribution >= 0.6 is 0 Å². The standard InChI is InChI=1S/C15H12N2O3/c18-15(11-6-12-4-2-1-3-5-12)16-13-7-9-14(10-8-13)17(19)20/h1-11H,(H,16,18)/b11-6-. The van der Waals surface area contributed by atoms with E-state index in [1.807, 2.05) is 30.3 Å². The Bertz CT molecular complexity index is 634. The van der Waals surface area contributed by atoms with Gasteiger partial charge in [0.1, 0.15) is 0 Å². The zero-order valence-corrected chi connectivity index (χ0v) is 10.5. The molecule has 0 atom stereocenters. The van der Waals surface area contributed by atoms with Gasteiger partial charge < -0.3 is 5.32 Å². The number of non-ortho nitro benzene ring substituents is 1. The van der Waals surface area contributed by atoms with Crippen molar-refractivity contribution >= 4 is 23.4 Å². The number of nitrogens with zero attached hydrogens (tertiary/aromatic N) is 1. The SMILES string of the molecule is O=C(/C=C\c1ccccc1)Nc1ccc([N+](=O)[O-])cc1. The van der Waals surface area contributed by atoms with Gasteiger partial charge in [0.25, 0.3) is 5.69 Å². The van der Waals surface area contributed by atoms with E-state index in [4.69, 9.17) is 0 Å². The molecule has 2 aromatic carbocycles. The van der Waals surface area contributed by atoms with Crippen molar-refractivity contribution in [3.63, 3.8) is 0 Å². The number of rotatable bonds is 4. The summed E-state index contributed by atoms with van der Waals surface area (Å²) < 4.78 is 0. The van der Waals surface area contributed by atoms with E-state index in [-0.39, 0.29) is 11.6 Å². The third-order valence-electron chi connectivity index (χ3n) is 2.57. The van der Waals surface area contributed by atoms with Crippen LogP contribution in [0.25, 0.3) is 6.08 Å². The number of nitrogens with one attached hydrogen (secondary N) is 1. The lowest BCUT2D eigenvalue weighted by Crippen LogP contribution is -2.07. The fourth-order valence-corrected chi connectivity index (χ4v) is 1.59. The summed E-state index contributed by atoms with van der Waals surface area (Å²) in [5.74, 6) is -0.289. The first-order chi connectivity index (χ1) is 9.65. The third kappa shape index (κ3) is 3.78. The Morgan fingerprint density at radius 1 is 1.05 bits per heavy atom. The van der Waals surface area contributed by atoms with E-state index in [9.17, 15) is 14.9 Å². The number of anilines is 1. The van der Waals surface area contributed by atoms with Crippen molar-refractivity contribution in [2.24, 2.45) is 0 Å². The topological polar surface area (TPSA) is 72.2 Å². The van der Waals surface area contributed by atoms with Gasteiger partial charge in [0.2, 0.25) is 5.91 Å². The van der Waals surface area contributed by atoms with Crippen LogP contribution in [0.15, 0.2) is 60.7 Å². The molecule has 0 aliphatic rings. The molecule has 0 saturated heterocycles. The van der Waals surface area contributed by atoms with Gasteiger partial charge in [0, 0.05) is 23.9 Å². The summed E-state index contributed by atoms with van der Waals surface area (Å²) in [5.41, 5.74) is 1.42. The molecule has 0 fully saturated rings. The first kappa shape index (κ1) is 13.5. The molecule has 0 aromatic heterocycles. The Kier molecular flexibility index (Phi) is 4.24. The number of benzene rings is 2. The molecule has 0 aliphatic heterocycles. The molecule has 1 amide bonds. The lowest BCUT2D eigenvalue weighted by molar-refractivity contribution is -0.384. The quantitative estimate of drug-likeness (QED) is 0.525. The lowest BCUT2D eigenvalue weighted by Gasteiger charge is -2.01. The van der Waals surface area contributed by atoms with E-state index in [0.717, 1.165) is 5.56 Å². The van der Waals surface area contributed by atoms with Crippen LogP contribution in [0.4, 0.5) is 11.4 Å². The number of hydrogen-bond acceptors (Lipinski definition) is 3. The second kappa shape index (κ2) is 6.29. The molecule has 0 radical (unpaired) electrons. The van der Waals surface area contributed by atoms with Gasteiger partial charge in [-0.25, -0.2) is 0 Å². The Labute approximate surface area is 115 Å². The monoisotopic (exact) mass is 268 g/mol. The molecule has 0 heterocycles. The third-order valence-corrected chi connectivity index (χ3v) is 2.57.